The number of carbonyl (C=O) groups excluding carboxylic acids is 7. The molecule has 0 aromatic heterocycles. The van der Waals surface area contributed by atoms with Crippen molar-refractivity contribution in [1.29, 1.82) is 0 Å². The lowest BCUT2D eigenvalue weighted by Gasteiger charge is -2.28. The smallest absolute Gasteiger partial charge is 0.274 e. The number of amides is 7. The Morgan fingerprint density at radius 3 is 1.29 bits per heavy atom. The third kappa shape index (κ3) is 15.5. The second-order valence-corrected chi connectivity index (χ2v) is 13.6. The number of hydrazine groups is 1. The zero-order chi connectivity index (χ0) is 38.6. The number of carbonyl (C=O) groups is 7. The van der Waals surface area contributed by atoms with Crippen molar-refractivity contribution in [2.75, 3.05) is 26.6 Å². The molecular formula is C37H61N7O7. The first-order valence-electron chi connectivity index (χ1n) is 18.5. The van der Waals surface area contributed by atoms with Crippen LogP contribution < -0.4 is 37.4 Å². The van der Waals surface area contributed by atoms with Crippen LogP contribution in [0.2, 0.25) is 0 Å². The number of benzene rings is 1. The summed E-state index contributed by atoms with van der Waals surface area (Å²) in [7, 11) is 0. The zero-order valence-electron chi connectivity index (χ0n) is 32.0. The van der Waals surface area contributed by atoms with E-state index in [4.69, 9.17) is 0 Å². The molecule has 0 saturated heterocycles. The predicted molar refractivity (Wildman–Crippen MR) is 202 cm³/mol. The van der Waals surface area contributed by atoms with Crippen LogP contribution in [-0.4, -0.2) is 41.4 Å². The number of hydrogen-bond acceptors (Lipinski definition) is 7. The lowest BCUT2D eigenvalue weighted by molar-refractivity contribution is -0.123. The molecule has 14 heteroatoms. The Hall–Kier alpha value is -4.49. The Kier molecular flexibility index (Phi) is 20.1. The van der Waals surface area contributed by atoms with Gasteiger partial charge >= 0.3 is 0 Å². The van der Waals surface area contributed by atoms with Gasteiger partial charge in [0.25, 0.3) is 5.91 Å². The molecule has 0 aliphatic heterocycles. The molecule has 0 aliphatic rings. The maximum atomic E-state index is 14.1. The van der Waals surface area contributed by atoms with Gasteiger partial charge in [-0.1, -0.05) is 93.9 Å². The van der Waals surface area contributed by atoms with E-state index in [1.807, 2.05) is 20.8 Å². The number of anilines is 5. The Labute approximate surface area is 303 Å². The summed E-state index contributed by atoms with van der Waals surface area (Å²) in [5.74, 6) is -3.94. The van der Waals surface area contributed by atoms with E-state index < -0.39 is 46.8 Å². The largest absolute Gasteiger partial charge is 0.323 e. The van der Waals surface area contributed by atoms with Crippen molar-refractivity contribution in [2.45, 2.75) is 152 Å². The molecular weight excluding hydrogens is 654 g/mol. The molecule has 1 rings (SSSR count). The molecule has 1 aromatic rings. The Morgan fingerprint density at radius 1 is 0.431 bits per heavy atom. The van der Waals surface area contributed by atoms with Gasteiger partial charge in [-0.2, -0.15) is 0 Å². The van der Waals surface area contributed by atoms with Crippen LogP contribution in [0.15, 0.2) is 0 Å². The van der Waals surface area contributed by atoms with Crippen LogP contribution in [0, 0.1) is 5.41 Å². The average molecular weight is 716 g/mol. The van der Waals surface area contributed by atoms with Crippen LogP contribution in [0.5, 0.6) is 0 Å². The fraction of sp³-hybridized carbons (Fsp3) is 0.649. The van der Waals surface area contributed by atoms with Gasteiger partial charge < -0.3 is 26.6 Å². The van der Waals surface area contributed by atoms with E-state index in [0.29, 0.717) is 32.1 Å². The molecule has 0 radical (unpaired) electrons. The zero-order valence-corrected chi connectivity index (χ0v) is 32.0. The number of nitrogens with one attached hydrogen (secondary N) is 7. The molecule has 14 nitrogen and oxygen atoms in total. The first kappa shape index (κ1) is 44.5. The molecule has 7 N–H and O–H groups in total. The summed E-state index contributed by atoms with van der Waals surface area (Å²) in [4.78, 5) is 93.8. The van der Waals surface area contributed by atoms with E-state index in [2.05, 4.69) is 37.4 Å². The van der Waals surface area contributed by atoms with Crippen LogP contribution in [0.25, 0.3) is 0 Å². The Bertz CT molecular complexity index is 1390. The standard InChI is InChI=1S/C37H61N7O7/c1-9-14-17-19-23-27(48)39-31-29(35(50)44-43-24(45)13-5)30(38-25(46)20-12-4)32(40-26(47)21-16-11-3)34(42-36(51)37(6,7)8)33(31)41-28(49)22-18-15-10-2/h9-23H2,1-8H3,(H,38,46)(H,39,48)(H,40,47)(H,41,49)(H,42,51)(H,43,45)(H,44,50). The molecule has 1 aromatic carbocycles. The second kappa shape index (κ2) is 23.1. The van der Waals surface area contributed by atoms with Gasteiger partial charge in [0.15, 0.2) is 0 Å². The molecule has 51 heavy (non-hydrogen) atoms. The third-order valence-electron chi connectivity index (χ3n) is 7.84. The minimum absolute atomic E-state index is 0.0373. The minimum Gasteiger partial charge on any atom is -0.323 e. The van der Waals surface area contributed by atoms with Gasteiger partial charge in [-0.15, -0.1) is 0 Å². The van der Waals surface area contributed by atoms with E-state index in [1.54, 1.807) is 34.6 Å². The summed E-state index contributed by atoms with van der Waals surface area (Å²) in [6.07, 6.45) is 7.37. The predicted octanol–water partition coefficient (Wildman–Crippen LogP) is 7.14. The fourth-order valence-electron chi connectivity index (χ4n) is 4.80. The van der Waals surface area contributed by atoms with Crippen LogP contribution in [0.1, 0.15) is 162 Å². The first-order chi connectivity index (χ1) is 24.1. The number of hydrogen-bond donors (Lipinski definition) is 7. The van der Waals surface area contributed by atoms with Crippen molar-refractivity contribution in [3.05, 3.63) is 5.56 Å². The monoisotopic (exact) mass is 715 g/mol. The van der Waals surface area contributed by atoms with E-state index in [0.717, 1.165) is 32.1 Å². The van der Waals surface area contributed by atoms with E-state index >= 15 is 0 Å². The highest BCUT2D eigenvalue weighted by Gasteiger charge is 2.34. The molecule has 0 bridgehead atoms. The summed E-state index contributed by atoms with van der Waals surface area (Å²) in [6, 6.07) is 0. The van der Waals surface area contributed by atoms with Crippen LogP contribution in [0.3, 0.4) is 0 Å². The van der Waals surface area contributed by atoms with Crippen LogP contribution >= 0.6 is 0 Å². The van der Waals surface area contributed by atoms with Gasteiger partial charge in [0.05, 0.1) is 34.0 Å². The summed E-state index contributed by atoms with van der Waals surface area (Å²) >= 11 is 0. The van der Waals surface area contributed by atoms with Gasteiger partial charge in [0.2, 0.25) is 35.4 Å². The van der Waals surface area contributed by atoms with Gasteiger partial charge in [0.1, 0.15) is 0 Å². The minimum atomic E-state index is -0.972. The topological polar surface area (TPSA) is 204 Å². The summed E-state index contributed by atoms with van der Waals surface area (Å²) in [5.41, 5.74) is 2.45. The lowest BCUT2D eigenvalue weighted by Crippen LogP contribution is -2.42. The molecule has 286 valence electrons. The molecule has 0 saturated carbocycles. The van der Waals surface area contributed by atoms with E-state index in [1.165, 1.54) is 0 Å². The molecule has 7 amide bonds. The van der Waals surface area contributed by atoms with Crippen molar-refractivity contribution >= 4 is 69.8 Å². The Balaban J connectivity index is 4.41. The summed E-state index contributed by atoms with van der Waals surface area (Å²) in [6.45, 7) is 14.3. The van der Waals surface area contributed by atoms with E-state index in [9.17, 15) is 33.6 Å². The highest BCUT2D eigenvalue weighted by atomic mass is 16.2. The maximum absolute atomic E-state index is 14.1. The third-order valence-corrected chi connectivity index (χ3v) is 7.84. The van der Waals surface area contributed by atoms with Crippen molar-refractivity contribution < 1.29 is 33.6 Å². The number of rotatable bonds is 21. The van der Waals surface area contributed by atoms with Crippen molar-refractivity contribution in [3.63, 3.8) is 0 Å². The molecule has 0 spiro atoms. The molecule has 0 heterocycles. The van der Waals surface area contributed by atoms with E-state index in [-0.39, 0.29) is 66.1 Å². The van der Waals surface area contributed by atoms with Crippen molar-refractivity contribution in [3.8, 4) is 0 Å². The SMILES string of the molecule is CCCCCCC(=O)Nc1c(NC(=O)CCCCC)c(NC(=O)C(C)(C)C)c(NC(=O)CCCC)c(NC(=O)CCC)c1C(=O)NNC(=O)CC. The molecule has 0 fully saturated rings. The normalized spacial score (nSPS) is 10.9. The quantitative estimate of drug-likeness (QED) is 0.0517. The van der Waals surface area contributed by atoms with Crippen LogP contribution in [0.4, 0.5) is 28.4 Å². The van der Waals surface area contributed by atoms with Crippen molar-refractivity contribution in [1.82, 2.24) is 10.9 Å². The Morgan fingerprint density at radius 2 is 0.843 bits per heavy atom. The molecule has 0 unspecified atom stereocenters. The highest BCUT2D eigenvalue weighted by molar-refractivity contribution is 6.24. The first-order valence-corrected chi connectivity index (χ1v) is 18.5. The molecule has 0 aliphatic carbocycles. The lowest BCUT2D eigenvalue weighted by atomic mass is 9.94. The summed E-state index contributed by atoms with van der Waals surface area (Å²) in [5, 5.41) is 13.9. The van der Waals surface area contributed by atoms with Crippen molar-refractivity contribution in [2.24, 2.45) is 5.41 Å². The van der Waals surface area contributed by atoms with Gasteiger partial charge in [-0.3, -0.25) is 44.4 Å². The average Bonchev–Trinajstić information content (AvgIpc) is 3.07. The fourth-order valence-corrected chi connectivity index (χ4v) is 4.80. The summed E-state index contributed by atoms with van der Waals surface area (Å²) < 4.78 is 0. The van der Waals surface area contributed by atoms with Crippen LogP contribution in [-0.2, 0) is 28.8 Å². The highest BCUT2D eigenvalue weighted by Crippen LogP contribution is 2.48. The second-order valence-electron chi connectivity index (χ2n) is 13.6. The molecule has 0 atom stereocenters. The number of unbranched alkanes of at least 4 members (excludes halogenated alkanes) is 6. The van der Waals surface area contributed by atoms with Gasteiger partial charge in [0, 0.05) is 37.5 Å². The maximum Gasteiger partial charge on any atom is 0.274 e. The van der Waals surface area contributed by atoms with Gasteiger partial charge in [-0.25, -0.2) is 0 Å². The van der Waals surface area contributed by atoms with Gasteiger partial charge in [-0.05, 0) is 25.7 Å².